The van der Waals surface area contributed by atoms with Crippen LogP contribution in [0.4, 0.5) is 8.78 Å². The average molecular weight is 311 g/mol. The third-order valence-electron chi connectivity index (χ3n) is 2.46. The molecule has 114 valence electrons. The molecule has 0 aromatic carbocycles. The van der Waals surface area contributed by atoms with Crippen LogP contribution in [0.25, 0.3) is 0 Å². The summed E-state index contributed by atoms with van der Waals surface area (Å²) in [6, 6.07) is -1.31. The van der Waals surface area contributed by atoms with E-state index < -0.39 is 40.9 Å². The van der Waals surface area contributed by atoms with Crippen molar-refractivity contribution in [1.29, 1.82) is 0 Å². The van der Waals surface area contributed by atoms with Crippen LogP contribution in [-0.4, -0.2) is 41.7 Å². The Kier molecular flexibility index (Phi) is 5.17. The number of nitrogens with zero attached hydrogens (tertiary/aromatic N) is 2. The van der Waals surface area contributed by atoms with E-state index in [1.165, 1.54) is 0 Å². The summed E-state index contributed by atoms with van der Waals surface area (Å²) in [5, 5.41) is 12.4. The van der Waals surface area contributed by atoms with Gasteiger partial charge in [-0.1, -0.05) is 13.8 Å². The van der Waals surface area contributed by atoms with Crippen molar-refractivity contribution >= 4 is 16.0 Å². The fourth-order valence-electron chi connectivity index (χ4n) is 1.43. The number of aromatic nitrogens is 2. The normalized spacial score (nSPS) is 13.9. The van der Waals surface area contributed by atoms with E-state index >= 15 is 0 Å². The lowest BCUT2D eigenvalue weighted by Crippen LogP contribution is -2.44. The van der Waals surface area contributed by atoms with E-state index in [9.17, 15) is 22.0 Å². The van der Waals surface area contributed by atoms with Gasteiger partial charge in [-0.3, -0.25) is 9.48 Å². The number of carboxylic acids is 1. The molecule has 0 aliphatic heterocycles. The van der Waals surface area contributed by atoms with Crippen molar-refractivity contribution in [3.05, 3.63) is 12.4 Å². The number of sulfonamides is 1. The Morgan fingerprint density at radius 1 is 1.50 bits per heavy atom. The topological polar surface area (TPSA) is 101 Å². The van der Waals surface area contributed by atoms with Crippen molar-refractivity contribution in [1.82, 2.24) is 14.5 Å². The molecule has 0 radical (unpaired) electrons. The van der Waals surface area contributed by atoms with E-state index in [-0.39, 0.29) is 4.90 Å². The molecule has 0 amide bonds. The van der Waals surface area contributed by atoms with Gasteiger partial charge in [0, 0.05) is 6.20 Å². The van der Waals surface area contributed by atoms with E-state index in [4.69, 9.17) is 5.11 Å². The zero-order chi connectivity index (χ0) is 15.5. The summed E-state index contributed by atoms with van der Waals surface area (Å²) in [6.45, 7) is 2.35. The Hall–Kier alpha value is -1.55. The van der Waals surface area contributed by atoms with Crippen molar-refractivity contribution < 1.29 is 27.1 Å². The molecular weight excluding hydrogens is 296 g/mol. The minimum Gasteiger partial charge on any atom is -0.480 e. The maximum absolute atomic E-state index is 12.1. The average Bonchev–Trinajstić information content (AvgIpc) is 2.73. The second-order valence-electron chi connectivity index (χ2n) is 4.47. The van der Waals surface area contributed by atoms with Gasteiger partial charge in [0.1, 0.15) is 17.5 Å². The fraction of sp³-hybridized carbons (Fsp3) is 0.600. The van der Waals surface area contributed by atoms with Crippen LogP contribution in [0.2, 0.25) is 0 Å². The summed E-state index contributed by atoms with van der Waals surface area (Å²) in [6.07, 6.45) is -0.849. The van der Waals surface area contributed by atoms with Crippen molar-refractivity contribution in [2.45, 2.75) is 37.8 Å². The Labute approximate surface area is 114 Å². The highest BCUT2D eigenvalue weighted by Crippen LogP contribution is 2.12. The van der Waals surface area contributed by atoms with E-state index in [2.05, 4.69) is 5.10 Å². The molecule has 7 nitrogen and oxygen atoms in total. The molecule has 0 aliphatic rings. The maximum atomic E-state index is 12.1. The molecule has 2 N–H and O–H groups in total. The van der Waals surface area contributed by atoms with Crippen LogP contribution >= 0.6 is 0 Å². The summed E-state index contributed by atoms with van der Waals surface area (Å²) in [7, 11) is -4.12. The SMILES string of the molecule is CC(C)C(NS(=O)(=O)c1cnn(CC(F)F)c1)C(=O)O. The Morgan fingerprint density at radius 2 is 2.10 bits per heavy atom. The van der Waals surface area contributed by atoms with E-state index in [1.54, 1.807) is 13.8 Å². The first-order chi connectivity index (χ1) is 9.13. The quantitative estimate of drug-likeness (QED) is 0.765. The Bertz CT molecular complexity index is 571. The molecule has 0 spiro atoms. The first-order valence-corrected chi connectivity index (χ1v) is 7.17. The van der Waals surface area contributed by atoms with E-state index in [0.717, 1.165) is 17.1 Å². The van der Waals surface area contributed by atoms with Gasteiger partial charge in [0.15, 0.2) is 0 Å². The summed E-state index contributed by atoms with van der Waals surface area (Å²) >= 11 is 0. The number of nitrogens with one attached hydrogen (secondary N) is 1. The number of alkyl halides is 2. The smallest absolute Gasteiger partial charge is 0.322 e. The molecule has 1 rings (SSSR count). The van der Waals surface area contributed by atoms with Crippen LogP contribution < -0.4 is 4.72 Å². The molecule has 1 heterocycles. The number of halogens is 2. The van der Waals surface area contributed by atoms with E-state index in [0.29, 0.717) is 0 Å². The largest absolute Gasteiger partial charge is 0.480 e. The van der Waals surface area contributed by atoms with E-state index in [1.807, 2.05) is 4.72 Å². The highest BCUT2D eigenvalue weighted by molar-refractivity contribution is 7.89. The maximum Gasteiger partial charge on any atom is 0.322 e. The first kappa shape index (κ1) is 16.5. The third-order valence-corrected chi connectivity index (χ3v) is 3.86. The number of hydrogen-bond acceptors (Lipinski definition) is 4. The van der Waals surface area contributed by atoms with Crippen LogP contribution in [0.5, 0.6) is 0 Å². The standard InChI is InChI=1S/C10H15F2N3O4S/c1-6(2)9(10(16)17)14-20(18,19)7-3-13-15(4-7)5-8(11)12/h3-4,6,8-9,14H,5H2,1-2H3,(H,16,17). The molecule has 0 saturated carbocycles. The van der Waals surface area contributed by atoms with Crippen LogP contribution in [0, 0.1) is 5.92 Å². The molecule has 10 heteroatoms. The van der Waals surface area contributed by atoms with Crippen molar-refractivity contribution in [2.75, 3.05) is 0 Å². The number of rotatable bonds is 7. The number of carboxylic acid groups (broad SMARTS) is 1. The number of hydrogen-bond donors (Lipinski definition) is 2. The summed E-state index contributed by atoms with van der Waals surface area (Å²) in [5.41, 5.74) is 0. The lowest BCUT2D eigenvalue weighted by molar-refractivity contribution is -0.140. The second-order valence-corrected chi connectivity index (χ2v) is 6.18. The van der Waals surface area contributed by atoms with Gasteiger partial charge in [-0.2, -0.15) is 9.82 Å². The van der Waals surface area contributed by atoms with Crippen LogP contribution in [-0.2, 0) is 21.4 Å². The molecule has 0 aliphatic carbocycles. The van der Waals surface area contributed by atoms with Gasteiger partial charge < -0.3 is 5.11 Å². The fourth-order valence-corrected chi connectivity index (χ4v) is 2.72. The molecule has 0 bridgehead atoms. The summed E-state index contributed by atoms with van der Waals surface area (Å²) < 4.78 is 50.9. The summed E-state index contributed by atoms with van der Waals surface area (Å²) in [4.78, 5) is 10.6. The molecule has 0 fully saturated rings. The van der Waals surface area contributed by atoms with Crippen LogP contribution in [0.15, 0.2) is 17.3 Å². The monoisotopic (exact) mass is 311 g/mol. The van der Waals surface area contributed by atoms with Gasteiger partial charge >= 0.3 is 5.97 Å². The molecular formula is C10H15F2N3O4S. The molecule has 1 unspecified atom stereocenters. The number of aliphatic carboxylic acids is 1. The molecule has 0 saturated heterocycles. The first-order valence-electron chi connectivity index (χ1n) is 5.69. The van der Waals surface area contributed by atoms with Crippen molar-refractivity contribution in [2.24, 2.45) is 5.92 Å². The third kappa shape index (κ3) is 4.23. The Balaban J connectivity index is 2.93. The van der Waals surface area contributed by atoms with Crippen molar-refractivity contribution in [3.8, 4) is 0 Å². The van der Waals surface area contributed by atoms with Crippen molar-refractivity contribution in [3.63, 3.8) is 0 Å². The Morgan fingerprint density at radius 3 is 2.55 bits per heavy atom. The molecule has 1 aromatic heterocycles. The van der Waals surface area contributed by atoms with Crippen LogP contribution in [0.3, 0.4) is 0 Å². The van der Waals surface area contributed by atoms with Gasteiger partial charge in [0.2, 0.25) is 10.0 Å². The molecule has 1 aromatic rings. The zero-order valence-electron chi connectivity index (χ0n) is 10.8. The predicted octanol–water partition coefficient (Wildman–Crippen LogP) is 0.536. The lowest BCUT2D eigenvalue weighted by atomic mass is 10.1. The van der Waals surface area contributed by atoms with Gasteiger partial charge in [0.25, 0.3) is 6.43 Å². The highest BCUT2D eigenvalue weighted by Gasteiger charge is 2.28. The minimum absolute atomic E-state index is 0.356. The van der Waals surface area contributed by atoms with Gasteiger partial charge in [-0.05, 0) is 5.92 Å². The van der Waals surface area contributed by atoms with Crippen LogP contribution in [0.1, 0.15) is 13.8 Å². The predicted molar refractivity (Wildman–Crippen MR) is 64.8 cm³/mol. The van der Waals surface area contributed by atoms with Gasteiger partial charge in [0.05, 0.1) is 6.20 Å². The molecule has 1 atom stereocenters. The minimum atomic E-state index is -4.12. The highest BCUT2D eigenvalue weighted by atomic mass is 32.2. The summed E-state index contributed by atoms with van der Waals surface area (Å²) in [5.74, 6) is -1.79. The lowest BCUT2D eigenvalue weighted by Gasteiger charge is -2.17. The zero-order valence-corrected chi connectivity index (χ0v) is 11.6. The van der Waals surface area contributed by atoms with Gasteiger partial charge in [-0.25, -0.2) is 17.2 Å². The van der Waals surface area contributed by atoms with Gasteiger partial charge in [-0.15, -0.1) is 0 Å². The second kappa shape index (κ2) is 6.27. The number of carbonyl (C=O) groups is 1. The molecule has 20 heavy (non-hydrogen) atoms.